The van der Waals surface area contributed by atoms with Crippen LogP contribution in [-0.2, 0) is 22.5 Å². The molecule has 0 aliphatic carbocycles. The van der Waals surface area contributed by atoms with Crippen molar-refractivity contribution in [1.82, 2.24) is 4.98 Å². The van der Waals surface area contributed by atoms with Crippen LogP contribution in [0.2, 0.25) is 0 Å². The van der Waals surface area contributed by atoms with Gasteiger partial charge in [-0.15, -0.1) is 0 Å². The van der Waals surface area contributed by atoms with Crippen LogP contribution in [0.4, 0.5) is 0 Å². The van der Waals surface area contributed by atoms with Gasteiger partial charge in [0.25, 0.3) is 0 Å². The monoisotopic (exact) mass is 419 g/mol. The number of pyridine rings is 1. The molecule has 0 radical (unpaired) electrons. The zero-order chi connectivity index (χ0) is 21.3. The topological polar surface area (TPSA) is 122 Å². The first-order chi connectivity index (χ1) is 14.6. The normalized spacial score (nSPS) is 26.5. The molecule has 2 heterocycles. The molecule has 1 aliphatic rings. The van der Waals surface area contributed by atoms with Crippen LogP contribution in [0.1, 0.15) is 24.0 Å². The second kappa shape index (κ2) is 11.4. The Morgan fingerprint density at radius 2 is 1.60 bits per heavy atom. The Hall–Kier alpha value is -2.07. The van der Waals surface area contributed by atoms with Gasteiger partial charge in [0.1, 0.15) is 36.8 Å². The van der Waals surface area contributed by atoms with Crippen LogP contribution in [0, 0.1) is 0 Å². The van der Waals surface area contributed by atoms with E-state index in [2.05, 4.69) is 4.98 Å². The Balaban J connectivity index is 1.34. The van der Waals surface area contributed by atoms with Crippen LogP contribution >= 0.6 is 0 Å². The smallest absolute Gasteiger partial charge is 0.186 e. The Labute approximate surface area is 175 Å². The van der Waals surface area contributed by atoms with Crippen molar-refractivity contribution < 1.29 is 34.6 Å². The molecule has 8 heteroatoms. The van der Waals surface area contributed by atoms with E-state index in [4.69, 9.17) is 14.2 Å². The number of unbranched alkanes of at least 4 members (excludes halogenated alkanes) is 1. The van der Waals surface area contributed by atoms with E-state index in [0.717, 1.165) is 30.6 Å². The summed E-state index contributed by atoms with van der Waals surface area (Å²) in [5.41, 5.74) is 2.24. The highest BCUT2D eigenvalue weighted by Crippen LogP contribution is 2.22. The third-order valence-corrected chi connectivity index (χ3v) is 5.07. The van der Waals surface area contributed by atoms with Gasteiger partial charge >= 0.3 is 0 Å². The number of nitrogens with zero attached hydrogens (tertiary/aromatic N) is 1. The van der Waals surface area contributed by atoms with E-state index in [-0.39, 0.29) is 0 Å². The van der Waals surface area contributed by atoms with Gasteiger partial charge in [-0.2, -0.15) is 0 Å². The molecule has 30 heavy (non-hydrogen) atoms. The number of rotatable bonds is 10. The van der Waals surface area contributed by atoms with E-state index >= 15 is 0 Å². The molecule has 0 unspecified atom stereocenters. The van der Waals surface area contributed by atoms with E-state index < -0.39 is 37.3 Å². The van der Waals surface area contributed by atoms with E-state index in [1.54, 1.807) is 12.4 Å². The van der Waals surface area contributed by atoms with E-state index in [9.17, 15) is 20.4 Å². The van der Waals surface area contributed by atoms with Crippen molar-refractivity contribution in [3.05, 3.63) is 59.9 Å². The lowest BCUT2D eigenvalue weighted by atomic mass is 9.99. The first-order valence-electron chi connectivity index (χ1n) is 10.1. The summed E-state index contributed by atoms with van der Waals surface area (Å²) in [7, 11) is 0. The number of hydrogen-bond acceptors (Lipinski definition) is 8. The van der Waals surface area contributed by atoms with Gasteiger partial charge in [0, 0.05) is 19.0 Å². The summed E-state index contributed by atoms with van der Waals surface area (Å²) >= 11 is 0. The minimum Gasteiger partial charge on any atom is -0.489 e. The highest BCUT2D eigenvalue weighted by molar-refractivity contribution is 5.27. The maximum atomic E-state index is 9.94. The summed E-state index contributed by atoms with van der Waals surface area (Å²) in [6, 6.07) is 11.8. The molecular formula is C22H29NO7. The molecule has 8 nitrogen and oxygen atoms in total. The molecule has 3 rings (SSSR count). The number of ether oxygens (including phenoxy) is 3. The number of aromatic nitrogens is 1. The fraction of sp³-hybridized carbons (Fsp3) is 0.500. The van der Waals surface area contributed by atoms with E-state index in [1.807, 2.05) is 36.4 Å². The first kappa shape index (κ1) is 22.6. The fourth-order valence-corrected chi connectivity index (χ4v) is 3.23. The molecule has 4 N–H and O–H groups in total. The minimum atomic E-state index is -1.42. The molecule has 1 saturated heterocycles. The predicted molar refractivity (Wildman–Crippen MR) is 108 cm³/mol. The third-order valence-electron chi connectivity index (χ3n) is 5.07. The maximum Gasteiger partial charge on any atom is 0.186 e. The second-order valence-corrected chi connectivity index (χ2v) is 7.31. The van der Waals surface area contributed by atoms with Crippen LogP contribution in [-0.4, -0.2) is 69.3 Å². The first-order valence-corrected chi connectivity index (χ1v) is 10.1. The lowest BCUT2D eigenvalue weighted by molar-refractivity contribution is -0.301. The molecule has 1 aromatic heterocycles. The summed E-state index contributed by atoms with van der Waals surface area (Å²) in [5.74, 6) is 0.807. The molecule has 0 bridgehead atoms. The van der Waals surface area contributed by atoms with Gasteiger partial charge in [-0.25, -0.2) is 0 Å². The van der Waals surface area contributed by atoms with Gasteiger partial charge in [0.2, 0.25) is 0 Å². The predicted octanol–water partition coefficient (Wildman–Crippen LogP) is 0.800. The summed E-state index contributed by atoms with van der Waals surface area (Å²) in [4.78, 5) is 3.98. The van der Waals surface area contributed by atoms with Crippen molar-refractivity contribution in [3.63, 3.8) is 0 Å². The lowest BCUT2D eigenvalue weighted by Crippen LogP contribution is -2.59. The Morgan fingerprint density at radius 1 is 0.867 bits per heavy atom. The average Bonchev–Trinajstić information content (AvgIpc) is 2.79. The van der Waals surface area contributed by atoms with Crippen molar-refractivity contribution in [2.75, 3.05) is 13.2 Å². The Bertz CT molecular complexity index is 741. The van der Waals surface area contributed by atoms with E-state index in [0.29, 0.717) is 13.2 Å². The van der Waals surface area contributed by atoms with Crippen LogP contribution in [0.15, 0.2) is 48.8 Å². The highest BCUT2D eigenvalue weighted by Gasteiger charge is 2.43. The molecule has 5 atom stereocenters. The Morgan fingerprint density at radius 3 is 2.30 bits per heavy atom. The van der Waals surface area contributed by atoms with Crippen molar-refractivity contribution in [2.24, 2.45) is 0 Å². The molecule has 0 spiro atoms. The van der Waals surface area contributed by atoms with Crippen molar-refractivity contribution >= 4 is 0 Å². The molecule has 0 amide bonds. The summed E-state index contributed by atoms with van der Waals surface area (Å²) in [6.45, 7) is 0.361. The fourth-order valence-electron chi connectivity index (χ4n) is 3.23. The van der Waals surface area contributed by atoms with Crippen molar-refractivity contribution in [3.8, 4) is 5.75 Å². The lowest BCUT2D eigenvalue weighted by Gasteiger charge is -2.39. The molecule has 1 fully saturated rings. The van der Waals surface area contributed by atoms with Crippen LogP contribution < -0.4 is 4.74 Å². The minimum absolute atomic E-state index is 0.329. The average molecular weight is 419 g/mol. The number of benzene rings is 1. The van der Waals surface area contributed by atoms with Gasteiger partial charge in [-0.05, 0) is 54.7 Å². The van der Waals surface area contributed by atoms with Crippen LogP contribution in [0.5, 0.6) is 5.75 Å². The zero-order valence-electron chi connectivity index (χ0n) is 16.7. The largest absolute Gasteiger partial charge is 0.489 e. The quantitative estimate of drug-likeness (QED) is 0.417. The zero-order valence-corrected chi connectivity index (χ0v) is 16.7. The molecule has 1 aromatic carbocycles. The van der Waals surface area contributed by atoms with E-state index in [1.165, 1.54) is 5.56 Å². The van der Waals surface area contributed by atoms with Crippen molar-refractivity contribution in [2.45, 2.75) is 56.6 Å². The molecule has 164 valence electrons. The third kappa shape index (κ3) is 6.21. The highest BCUT2D eigenvalue weighted by atomic mass is 16.7. The number of hydrogen-bond donors (Lipinski definition) is 4. The second-order valence-electron chi connectivity index (χ2n) is 7.31. The molecule has 1 aliphatic heterocycles. The van der Waals surface area contributed by atoms with Gasteiger partial charge in [-0.1, -0.05) is 12.1 Å². The maximum absolute atomic E-state index is 9.94. The van der Waals surface area contributed by atoms with Gasteiger partial charge in [-0.3, -0.25) is 4.98 Å². The number of aliphatic hydroxyl groups excluding tert-OH is 4. The van der Waals surface area contributed by atoms with Gasteiger partial charge in [0.15, 0.2) is 6.29 Å². The summed E-state index contributed by atoms with van der Waals surface area (Å²) in [6.07, 6.45) is -0.229. The van der Waals surface area contributed by atoms with Crippen molar-refractivity contribution in [1.29, 1.82) is 0 Å². The molecule has 0 saturated carbocycles. The standard InChI is InChI=1S/C22H29NO7/c24-13-18-19(25)20(26)21(27)22(30-18)28-12-2-1-3-15-4-6-17(7-5-15)29-14-16-8-10-23-11-9-16/h4-11,18-22,24-27H,1-3,12-14H2/t18-,19-,20+,21-,22-/m1/s1. The van der Waals surface area contributed by atoms with Crippen LogP contribution in [0.3, 0.4) is 0 Å². The SMILES string of the molecule is OC[C@H]1O[C@@H](OCCCCc2ccc(OCc3ccncc3)cc2)[C@H](O)[C@@H](O)[C@@H]1O. The number of aryl methyl sites for hydroxylation is 1. The molecule has 2 aromatic rings. The van der Waals surface area contributed by atoms with Gasteiger partial charge < -0.3 is 34.6 Å². The van der Waals surface area contributed by atoms with Crippen LogP contribution in [0.25, 0.3) is 0 Å². The molecular weight excluding hydrogens is 390 g/mol. The summed E-state index contributed by atoms with van der Waals surface area (Å²) < 4.78 is 16.6. The number of aliphatic hydroxyl groups is 4. The van der Waals surface area contributed by atoms with Gasteiger partial charge in [0.05, 0.1) is 6.61 Å². The Kier molecular flexibility index (Phi) is 8.56. The summed E-state index contributed by atoms with van der Waals surface area (Å²) in [5, 5.41) is 38.6.